The van der Waals surface area contributed by atoms with Gasteiger partial charge in [-0.05, 0) is 76.1 Å². The van der Waals surface area contributed by atoms with Crippen molar-refractivity contribution < 1.29 is 18.0 Å². The Hall–Kier alpha value is -3.73. The van der Waals surface area contributed by atoms with Gasteiger partial charge in [0.25, 0.3) is 5.91 Å². The van der Waals surface area contributed by atoms with Gasteiger partial charge in [-0.15, -0.1) is 0 Å². The first-order valence-electron chi connectivity index (χ1n) is 12.0. The van der Waals surface area contributed by atoms with Gasteiger partial charge < -0.3 is 21.3 Å². The SMILES string of the molecule is CC(C)NC(=O)c1cnc(Nc2ccc3c(c2)CNCC3)nc1Nc1cccc(C(C)(C)C(F)(F)F)n1. The average Bonchev–Trinajstić information content (AvgIpc) is 2.83. The second-order valence-corrected chi connectivity index (χ2v) is 9.78. The summed E-state index contributed by atoms with van der Waals surface area (Å²) < 4.78 is 40.8. The summed E-state index contributed by atoms with van der Waals surface area (Å²) in [5.74, 6) is 0.0393. The number of carbonyl (C=O) groups is 1. The maximum absolute atomic E-state index is 13.6. The molecule has 3 aromatic rings. The van der Waals surface area contributed by atoms with Crippen molar-refractivity contribution in [2.75, 3.05) is 17.2 Å². The predicted molar refractivity (Wildman–Crippen MR) is 136 cm³/mol. The molecule has 0 radical (unpaired) electrons. The topological polar surface area (TPSA) is 104 Å². The number of halogens is 3. The molecule has 8 nitrogen and oxygen atoms in total. The Kier molecular flexibility index (Phi) is 7.35. The van der Waals surface area contributed by atoms with Crippen LogP contribution in [0.25, 0.3) is 0 Å². The highest BCUT2D eigenvalue weighted by Gasteiger charge is 2.49. The highest BCUT2D eigenvalue weighted by Crippen LogP contribution is 2.40. The molecule has 4 rings (SSSR count). The zero-order valence-electron chi connectivity index (χ0n) is 21.1. The maximum atomic E-state index is 13.6. The molecular formula is C26H30F3N7O. The van der Waals surface area contributed by atoms with E-state index in [1.807, 2.05) is 26.0 Å². The Morgan fingerprint density at radius 2 is 1.84 bits per heavy atom. The number of nitrogens with zero attached hydrogens (tertiary/aromatic N) is 3. The number of nitrogens with one attached hydrogen (secondary N) is 4. The minimum atomic E-state index is -4.49. The Morgan fingerprint density at radius 3 is 2.57 bits per heavy atom. The lowest BCUT2D eigenvalue weighted by molar-refractivity contribution is -0.181. The van der Waals surface area contributed by atoms with Crippen LogP contribution in [0.4, 0.5) is 36.4 Å². The van der Waals surface area contributed by atoms with Crippen molar-refractivity contribution in [2.45, 2.75) is 58.3 Å². The molecule has 0 saturated carbocycles. The van der Waals surface area contributed by atoms with Crippen LogP contribution in [0, 0.1) is 0 Å². The molecule has 2 aromatic heterocycles. The molecule has 37 heavy (non-hydrogen) atoms. The second kappa shape index (κ2) is 10.3. The van der Waals surface area contributed by atoms with Gasteiger partial charge in [-0.1, -0.05) is 12.1 Å². The Bertz CT molecular complexity index is 1290. The number of fused-ring (bicyclic) bond motifs is 1. The molecule has 0 fully saturated rings. The smallest absolute Gasteiger partial charge is 0.350 e. The summed E-state index contributed by atoms with van der Waals surface area (Å²) in [6.07, 6.45) is -2.16. The molecule has 1 aromatic carbocycles. The lowest BCUT2D eigenvalue weighted by atomic mass is 9.88. The molecule has 4 N–H and O–H groups in total. The van der Waals surface area contributed by atoms with Gasteiger partial charge in [0.1, 0.15) is 22.6 Å². The highest BCUT2D eigenvalue weighted by atomic mass is 19.4. The number of benzene rings is 1. The van der Waals surface area contributed by atoms with Crippen LogP contribution in [0.3, 0.4) is 0 Å². The predicted octanol–water partition coefficient (Wildman–Crippen LogP) is 4.98. The molecule has 0 bridgehead atoms. The van der Waals surface area contributed by atoms with Crippen molar-refractivity contribution in [3.8, 4) is 0 Å². The summed E-state index contributed by atoms with van der Waals surface area (Å²) in [5, 5.41) is 12.2. The molecular weight excluding hydrogens is 483 g/mol. The lowest BCUT2D eigenvalue weighted by Crippen LogP contribution is -2.37. The normalized spacial score (nSPS) is 13.7. The summed E-state index contributed by atoms with van der Waals surface area (Å²) in [6, 6.07) is 10.2. The van der Waals surface area contributed by atoms with E-state index in [4.69, 9.17) is 0 Å². The minimum absolute atomic E-state index is 0.116. The third-order valence-electron chi connectivity index (χ3n) is 6.15. The number of rotatable bonds is 7. The van der Waals surface area contributed by atoms with Crippen molar-refractivity contribution >= 4 is 29.2 Å². The fourth-order valence-corrected chi connectivity index (χ4v) is 3.85. The lowest BCUT2D eigenvalue weighted by Gasteiger charge is -2.27. The summed E-state index contributed by atoms with van der Waals surface area (Å²) in [7, 11) is 0. The van der Waals surface area contributed by atoms with Crippen molar-refractivity contribution in [2.24, 2.45) is 0 Å². The van der Waals surface area contributed by atoms with E-state index in [9.17, 15) is 18.0 Å². The third-order valence-corrected chi connectivity index (χ3v) is 6.15. The monoisotopic (exact) mass is 513 g/mol. The first-order valence-corrected chi connectivity index (χ1v) is 12.0. The van der Waals surface area contributed by atoms with Crippen LogP contribution < -0.4 is 21.3 Å². The Balaban J connectivity index is 1.66. The van der Waals surface area contributed by atoms with E-state index < -0.39 is 17.5 Å². The molecule has 1 aliphatic rings. The van der Waals surface area contributed by atoms with Gasteiger partial charge in [-0.2, -0.15) is 18.2 Å². The fourth-order valence-electron chi connectivity index (χ4n) is 3.85. The van der Waals surface area contributed by atoms with Crippen LogP contribution in [-0.2, 0) is 18.4 Å². The molecule has 0 saturated heterocycles. The summed E-state index contributed by atoms with van der Waals surface area (Å²) in [4.78, 5) is 25.8. The molecule has 1 aliphatic heterocycles. The van der Waals surface area contributed by atoms with Crippen LogP contribution in [0.1, 0.15) is 54.9 Å². The van der Waals surface area contributed by atoms with E-state index in [0.717, 1.165) is 39.0 Å². The van der Waals surface area contributed by atoms with E-state index in [-0.39, 0.29) is 34.9 Å². The number of pyridine rings is 1. The van der Waals surface area contributed by atoms with Crippen LogP contribution in [0.2, 0.25) is 0 Å². The summed E-state index contributed by atoms with van der Waals surface area (Å²) >= 11 is 0. The van der Waals surface area contributed by atoms with Crippen molar-refractivity contribution in [3.63, 3.8) is 0 Å². The summed E-state index contributed by atoms with van der Waals surface area (Å²) in [5.41, 5.74) is 1.04. The molecule has 0 atom stereocenters. The van der Waals surface area contributed by atoms with Crippen molar-refractivity contribution in [3.05, 3.63) is 65.0 Å². The van der Waals surface area contributed by atoms with Crippen LogP contribution in [0.15, 0.2) is 42.6 Å². The van der Waals surface area contributed by atoms with Crippen LogP contribution in [0.5, 0.6) is 0 Å². The minimum Gasteiger partial charge on any atom is -0.350 e. The maximum Gasteiger partial charge on any atom is 0.399 e. The standard InChI is InChI=1S/C26H30F3N7O/c1-15(2)32-23(37)19-14-31-24(33-18-9-8-16-10-11-30-13-17(16)12-18)36-22(19)35-21-7-5-6-20(34-21)25(3,4)26(27,28)29/h5-9,12,14-15,30H,10-11,13H2,1-4H3,(H,32,37)(H2,31,33,34,35,36). The zero-order valence-corrected chi connectivity index (χ0v) is 21.1. The van der Waals surface area contributed by atoms with Gasteiger partial charge in [-0.3, -0.25) is 4.79 Å². The Labute approximate surface area is 213 Å². The molecule has 11 heteroatoms. The Morgan fingerprint density at radius 1 is 1.05 bits per heavy atom. The van der Waals surface area contributed by atoms with Gasteiger partial charge in [0, 0.05) is 24.5 Å². The average molecular weight is 514 g/mol. The first-order chi connectivity index (χ1) is 17.4. The number of anilines is 4. The number of alkyl halides is 3. The van der Waals surface area contributed by atoms with Crippen molar-refractivity contribution in [1.29, 1.82) is 0 Å². The summed E-state index contributed by atoms with van der Waals surface area (Å²) in [6.45, 7) is 7.48. The van der Waals surface area contributed by atoms with Crippen molar-refractivity contribution in [1.82, 2.24) is 25.6 Å². The molecule has 0 aliphatic carbocycles. The molecule has 196 valence electrons. The van der Waals surface area contributed by atoms with Gasteiger partial charge in [-0.25, -0.2) is 9.97 Å². The largest absolute Gasteiger partial charge is 0.399 e. The number of amides is 1. The van der Waals surface area contributed by atoms with E-state index in [1.54, 1.807) is 0 Å². The second-order valence-electron chi connectivity index (χ2n) is 9.78. The number of aromatic nitrogens is 3. The quantitative estimate of drug-likeness (QED) is 0.353. The fraction of sp³-hybridized carbons (Fsp3) is 0.385. The first kappa shape index (κ1) is 26.3. The van der Waals surface area contributed by atoms with Gasteiger partial charge in [0.15, 0.2) is 0 Å². The van der Waals surface area contributed by atoms with E-state index >= 15 is 0 Å². The molecule has 0 unspecified atom stereocenters. The van der Waals surface area contributed by atoms with E-state index in [1.165, 1.54) is 35.5 Å². The van der Waals surface area contributed by atoms with Gasteiger partial charge >= 0.3 is 6.18 Å². The number of hydrogen-bond donors (Lipinski definition) is 4. The van der Waals surface area contributed by atoms with Gasteiger partial charge in [0.2, 0.25) is 5.95 Å². The van der Waals surface area contributed by atoms with Gasteiger partial charge in [0.05, 0.1) is 5.69 Å². The molecule has 0 spiro atoms. The van der Waals surface area contributed by atoms with Crippen LogP contribution >= 0.6 is 0 Å². The molecule has 1 amide bonds. The van der Waals surface area contributed by atoms with E-state index in [2.05, 4.69) is 42.3 Å². The highest BCUT2D eigenvalue weighted by molar-refractivity contribution is 5.99. The van der Waals surface area contributed by atoms with Crippen LogP contribution in [-0.4, -0.2) is 39.6 Å². The molecule has 3 heterocycles. The van der Waals surface area contributed by atoms with E-state index in [0.29, 0.717) is 0 Å². The number of carbonyl (C=O) groups excluding carboxylic acids is 1. The number of hydrogen-bond acceptors (Lipinski definition) is 7. The third kappa shape index (κ3) is 5.99. The zero-order chi connectivity index (χ0) is 26.8.